The highest BCUT2D eigenvalue weighted by molar-refractivity contribution is 6.55. The highest BCUT2D eigenvalue weighted by Crippen LogP contribution is 2.37. The van der Waals surface area contributed by atoms with Crippen molar-refractivity contribution in [3.8, 4) is 11.5 Å². The van der Waals surface area contributed by atoms with Crippen molar-refractivity contribution in [3.63, 3.8) is 0 Å². The first-order valence-corrected chi connectivity index (χ1v) is 11.0. The average molecular weight is 491 g/mol. The minimum absolute atomic E-state index is 0.135. The molecule has 8 heteroatoms. The lowest BCUT2D eigenvalue weighted by molar-refractivity contribution is 0.138. The molecule has 4 nitrogen and oxygen atoms in total. The second-order valence-corrected chi connectivity index (χ2v) is 8.13. The van der Waals surface area contributed by atoms with Gasteiger partial charge in [-0.3, -0.25) is 0 Å². The summed E-state index contributed by atoms with van der Waals surface area (Å²) >= 11 is 23.6. The van der Waals surface area contributed by atoms with Crippen LogP contribution in [0.3, 0.4) is 0 Å². The van der Waals surface area contributed by atoms with Crippen LogP contribution in [-0.2, 0) is 4.84 Å². The molecule has 0 aliphatic heterocycles. The van der Waals surface area contributed by atoms with Gasteiger partial charge in [0.25, 0.3) is 0 Å². The molecule has 0 radical (unpaired) electrons. The quantitative estimate of drug-likeness (QED) is 0.174. The molecule has 2 aromatic rings. The van der Waals surface area contributed by atoms with Gasteiger partial charge in [0.2, 0.25) is 0 Å². The van der Waals surface area contributed by atoms with E-state index in [1.54, 1.807) is 12.1 Å². The topological polar surface area (TPSA) is 40.0 Å². The van der Waals surface area contributed by atoms with Crippen LogP contribution in [-0.4, -0.2) is 25.5 Å². The van der Waals surface area contributed by atoms with Crippen LogP contribution >= 0.6 is 46.4 Å². The molecule has 0 spiro atoms. The van der Waals surface area contributed by atoms with Gasteiger partial charge >= 0.3 is 0 Å². The SMILES string of the molecule is CC(=NOCCCCCOc1c(Cl)cc(OCC=C(Cl)Cl)cc1Cl)c1ccccc1. The fraction of sp³-hybridized carbons (Fsp3) is 0.318. The van der Waals surface area contributed by atoms with Crippen LogP contribution in [0.15, 0.2) is 58.2 Å². The van der Waals surface area contributed by atoms with Crippen LogP contribution in [0.1, 0.15) is 31.7 Å². The molecule has 162 valence electrons. The molecular weight excluding hydrogens is 468 g/mol. The third kappa shape index (κ3) is 9.05. The molecule has 2 rings (SSSR count). The minimum Gasteiger partial charge on any atom is -0.490 e. The van der Waals surface area contributed by atoms with Crippen molar-refractivity contribution in [2.24, 2.45) is 5.16 Å². The van der Waals surface area contributed by atoms with Crippen LogP contribution in [0.2, 0.25) is 10.0 Å². The second-order valence-electron chi connectivity index (χ2n) is 6.31. The van der Waals surface area contributed by atoms with E-state index in [0.717, 1.165) is 30.5 Å². The molecule has 0 unspecified atom stereocenters. The highest BCUT2D eigenvalue weighted by atomic mass is 35.5. The predicted octanol–water partition coefficient (Wildman–Crippen LogP) is 7.68. The Morgan fingerprint density at radius 2 is 1.60 bits per heavy atom. The van der Waals surface area contributed by atoms with Crippen molar-refractivity contribution in [1.29, 1.82) is 0 Å². The molecular formula is C22H23Cl4NO3. The Hall–Kier alpha value is -1.59. The number of unbranched alkanes of at least 4 members (excludes halogenated alkanes) is 2. The Bertz CT molecular complexity index is 830. The van der Waals surface area contributed by atoms with Crippen molar-refractivity contribution < 1.29 is 14.3 Å². The maximum absolute atomic E-state index is 6.25. The third-order valence-corrected chi connectivity index (χ3v) is 4.85. The van der Waals surface area contributed by atoms with Gasteiger partial charge in [-0.2, -0.15) is 0 Å². The number of hydrogen-bond donors (Lipinski definition) is 0. The molecule has 0 bridgehead atoms. The van der Waals surface area contributed by atoms with Crippen LogP contribution in [0.5, 0.6) is 11.5 Å². The molecule has 0 N–H and O–H groups in total. The van der Waals surface area contributed by atoms with E-state index < -0.39 is 0 Å². The summed E-state index contributed by atoms with van der Waals surface area (Å²) in [6.45, 7) is 3.19. The summed E-state index contributed by atoms with van der Waals surface area (Å²) in [4.78, 5) is 5.38. The summed E-state index contributed by atoms with van der Waals surface area (Å²) in [6.07, 6.45) is 4.17. The monoisotopic (exact) mass is 489 g/mol. The Kier molecular flexibility index (Phi) is 11.2. The van der Waals surface area contributed by atoms with Gasteiger partial charge < -0.3 is 14.3 Å². The van der Waals surface area contributed by atoms with Gasteiger partial charge in [-0.05, 0) is 37.8 Å². The lowest BCUT2D eigenvalue weighted by Crippen LogP contribution is -2.01. The summed E-state index contributed by atoms with van der Waals surface area (Å²) in [5.41, 5.74) is 1.91. The van der Waals surface area contributed by atoms with Crippen molar-refractivity contribution >= 4 is 52.1 Å². The van der Waals surface area contributed by atoms with Crippen LogP contribution < -0.4 is 9.47 Å². The summed E-state index contributed by atoms with van der Waals surface area (Å²) in [5.74, 6) is 0.947. The van der Waals surface area contributed by atoms with Crippen molar-refractivity contribution in [1.82, 2.24) is 0 Å². The summed E-state index contributed by atoms with van der Waals surface area (Å²) in [6, 6.07) is 13.2. The van der Waals surface area contributed by atoms with E-state index in [9.17, 15) is 0 Å². The minimum atomic E-state index is 0.135. The Balaban J connectivity index is 1.66. The zero-order valence-corrected chi connectivity index (χ0v) is 19.6. The molecule has 0 saturated heterocycles. The normalized spacial score (nSPS) is 11.2. The van der Waals surface area contributed by atoms with Crippen molar-refractivity contribution in [2.75, 3.05) is 19.8 Å². The number of nitrogens with zero attached hydrogens (tertiary/aromatic N) is 1. The first-order chi connectivity index (χ1) is 14.5. The summed E-state index contributed by atoms with van der Waals surface area (Å²) < 4.78 is 11.3. The standard InChI is InChI=1S/C22H23Cl4NO3/c1-16(17-8-4-2-5-9-17)27-30-12-7-3-6-11-29-22-19(23)14-18(15-20(22)24)28-13-10-21(25)26/h2,4-5,8-10,14-15H,3,6-7,11-13H2,1H3. The Morgan fingerprint density at radius 1 is 0.933 bits per heavy atom. The molecule has 2 aromatic carbocycles. The number of benzene rings is 2. The zero-order chi connectivity index (χ0) is 21.8. The number of oxime groups is 1. The van der Waals surface area contributed by atoms with Gasteiger partial charge in [-0.25, -0.2) is 0 Å². The van der Waals surface area contributed by atoms with E-state index in [1.807, 2.05) is 37.3 Å². The Morgan fingerprint density at radius 3 is 2.27 bits per heavy atom. The van der Waals surface area contributed by atoms with Gasteiger partial charge in [-0.15, -0.1) is 0 Å². The maximum Gasteiger partial charge on any atom is 0.156 e. The van der Waals surface area contributed by atoms with E-state index in [1.165, 1.54) is 6.08 Å². The first-order valence-electron chi connectivity index (χ1n) is 9.45. The molecule has 0 atom stereocenters. The lowest BCUT2D eigenvalue weighted by atomic mass is 10.1. The van der Waals surface area contributed by atoms with Gasteiger partial charge in [0.1, 0.15) is 23.5 Å². The number of ether oxygens (including phenoxy) is 2. The van der Waals surface area contributed by atoms with E-state index in [0.29, 0.717) is 34.8 Å². The van der Waals surface area contributed by atoms with Gasteiger partial charge in [-0.1, -0.05) is 81.9 Å². The van der Waals surface area contributed by atoms with E-state index in [-0.39, 0.29) is 11.1 Å². The van der Waals surface area contributed by atoms with E-state index in [4.69, 9.17) is 60.7 Å². The summed E-state index contributed by atoms with van der Waals surface area (Å²) in [5, 5.41) is 4.91. The molecule has 0 saturated carbocycles. The number of hydrogen-bond acceptors (Lipinski definition) is 4. The fourth-order valence-electron chi connectivity index (χ4n) is 2.45. The zero-order valence-electron chi connectivity index (χ0n) is 16.5. The fourth-order valence-corrected chi connectivity index (χ4v) is 3.16. The molecule has 0 aliphatic carbocycles. The van der Waals surface area contributed by atoms with E-state index in [2.05, 4.69) is 5.16 Å². The molecule has 0 aromatic heterocycles. The highest BCUT2D eigenvalue weighted by Gasteiger charge is 2.10. The molecule has 30 heavy (non-hydrogen) atoms. The largest absolute Gasteiger partial charge is 0.490 e. The maximum atomic E-state index is 6.25. The number of rotatable bonds is 12. The lowest BCUT2D eigenvalue weighted by Gasteiger charge is -2.12. The van der Waals surface area contributed by atoms with Crippen molar-refractivity contribution in [2.45, 2.75) is 26.2 Å². The smallest absolute Gasteiger partial charge is 0.156 e. The molecule has 0 amide bonds. The Labute approximate surface area is 197 Å². The summed E-state index contributed by atoms with van der Waals surface area (Å²) in [7, 11) is 0. The van der Waals surface area contributed by atoms with Crippen molar-refractivity contribution in [3.05, 3.63) is 68.6 Å². The molecule has 0 heterocycles. The average Bonchev–Trinajstić information content (AvgIpc) is 2.71. The molecule has 0 aliphatic rings. The van der Waals surface area contributed by atoms with Crippen LogP contribution in [0, 0.1) is 0 Å². The van der Waals surface area contributed by atoms with E-state index >= 15 is 0 Å². The van der Waals surface area contributed by atoms with Gasteiger partial charge in [0, 0.05) is 12.1 Å². The first kappa shape index (κ1) is 24.7. The van der Waals surface area contributed by atoms with Gasteiger partial charge in [0.15, 0.2) is 5.75 Å². The molecule has 0 fully saturated rings. The number of halogens is 4. The second kappa shape index (κ2) is 13.7. The predicted molar refractivity (Wildman–Crippen MR) is 126 cm³/mol. The van der Waals surface area contributed by atoms with Crippen LogP contribution in [0.25, 0.3) is 0 Å². The van der Waals surface area contributed by atoms with Gasteiger partial charge in [0.05, 0.1) is 22.4 Å². The third-order valence-electron chi connectivity index (χ3n) is 3.98. The van der Waals surface area contributed by atoms with Crippen LogP contribution in [0.4, 0.5) is 0 Å².